The molecule has 7 heteroatoms. The van der Waals surface area contributed by atoms with Crippen molar-refractivity contribution in [1.29, 1.82) is 0 Å². The van der Waals surface area contributed by atoms with Gasteiger partial charge in [0.25, 0.3) is 0 Å². The Bertz CT molecular complexity index is 869. The Labute approximate surface area is 164 Å². The van der Waals surface area contributed by atoms with E-state index < -0.39 is 0 Å². The maximum Gasteiger partial charge on any atom is 0.170 e. The SMILES string of the molecule is S=C1NC(c2ccccn2)C(c2cc(Br)cs2)N1Cc1cccnc1. The molecule has 1 aliphatic rings. The molecule has 0 aliphatic carbocycles. The molecule has 1 saturated heterocycles. The number of thiophene rings is 1. The molecule has 0 saturated carbocycles. The van der Waals surface area contributed by atoms with E-state index in [2.05, 4.69) is 53.6 Å². The van der Waals surface area contributed by atoms with Crippen LogP contribution < -0.4 is 5.32 Å². The molecule has 4 rings (SSSR count). The van der Waals surface area contributed by atoms with Crippen molar-refractivity contribution in [2.45, 2.75) is 18.6 Å². The Morgan fingerprint density at radius 1 is 1.24 bits per heavy atom. The van der Waals surface area contributed by atoms with E-state index in [9.17, 15) is 0 Å². The molecule has 0 bridgehead atoms. The quantitative estimate of drug-likeness (QED) is 0.618. The van der Waals surface area contributed by atoms with Crippen molar-refractivity contribution in [3.8, 4) is 0 Å². The van der Waals surface area contributed by atoms with Crippen molar-refractivity contribution in [3.05, 3.63) is 81.0 Å². The molecule has 0 spiro atoms. The molecule has 4 heterocycles. The maximum absolute atomic E-state index is 5.66. The third kappa shape index (κ3) is 3.44. The summed E-state index contributed by atoms with van der Waals surface area (Å²) in [5.74, 6) is 0. The van der Waals surface area contributed by atoms with Crippen molar-refractivity contribution in [3.63, 3.8) is 0 Å². The van der Waals surface area contributed by atoms with Crippen LogP contribution in [0.5, 0.6) is 0 Å². The molecule has 2 unspecified atom stereocenters. The molecule has 0 aromatic carbocycles. The highest BCUT2D eigenvalue weighted by Crippen LogP contribution is 2.42. The highest BCUT2D eigenvalue weighted by atomic mass is 79.9. The van der Waals surface area contributed by atoms with Gasteiger partial charge in [-0.2, -0.15) is 0 Å². The number of halogens is 1. The Balaban J connectivity index is 1.72. The molecule has 3 aromatic heterocycles. The van der Waals surface area contributed by atoms with E-state index in [0.717, 1.165) is 20.8 Å². The number of thiocarbonyl (C=S) groups is 1. The van der Waals surface area contributed by atoms with Gasteiger partial charge in [-0.1, -0.05) is 12.1 Å². The summed E-state index contributed by atoms with van der Waals surface area (Å²) in [4.78, 5) is 12.2. The predicted octanol–water partition coefficient (Wildman–Crippen LogP) is 4.47. The fourth-order valence-electron chi connectivity index (χ4n) is 3.06. The second-order valence-electron chi connectivity index (χ2n) is 5.78. The van der Waals surface area contributed by atoms with Crippen molar-refractivity contribution < 1.29 is 0 Å². The molecular formula is C18H15BrN4S2. The van der Waals surface area contributed by atoms with E-state index in [4.69, 9.17) is 12.2 Å². The molecular weight excluding hydrogens is 416 g/mol. The lowest BCUT2D eigenvalue weighted by Gasteiger charge is -2.26. The molecule has 3 aromatic rings. The van der Waals surface area contributed by atoms with Crippen molar-refractivity contribution >= 4 is 44.6 Å². The van der Waals surface area contributed by atoms with E-state index >= 15 is 0 Å². The number of hydrogen-bond acceptors (Lipinski definition) is 4. The van der Waals surface area contributed by atoms with Crippen LogP contribution in [0.2, 0.25) is 0 Å². The van der Waals surface area contributed by atoms with Gasteiger partial charge in [0.05, 0.1) is 17.8 Å². The Morgan fingerprint density at radius 2 is 2.16 bits per heavy atom. The van der Waals surface area contributed by atoms with Gasteiger partial charge >= 0.3 is 0 Å². The second kappa shape index (κ2) is 7.19. The lowest BCUT2D eigenvalue weighted by Crippen LogP contribution is -2.28. The third-order valence-corrected chi connectivity index (χ3v) is 6.27. The van der Waals surface area contributed by atoms with Gasteiger partial charge in [-0.15, -0.1) is 11.3 Å². The van der Waals surface area contributed by atoms with Gasteiger partial charge in [-0.25, -0.2) is 0 Å². The van der Waals surface area contributed by atoms with Crippen LogP contribution in [0.25, 0.3) is 0 Å². The second-order valence-corrected chi connectivity index (χ2v) is 8.03. The summed E-state index contributed by atoms with van der Waals surface area (Å²) >= 11 is 11.0. The van der Waals surface area contributed by atoms with Crippen molar-refractivity contribution in [2.24, 2.45) is 0 Å². The summed E-state index contributed by atoms with van der Waals surface area (Å²) in [5, 5.41) is 6.31. The van der Waals surface area contributed by atoms with E-state index in [1.165, 1.54) is 4.88 Å². The van der Waals surface area contributed by atoms with Crippen LogP contribution in [0.1, 0.15) is 28.2 Å². The molecule has 0 radical (unpaired) electrons. The van der Waals surface area contributed by atoms with Gasteiger partial charge in [0, 0.05) is 39.9 Å². The Hall–Kier alpha value is -1.83. The summed E-state index contributed by atoms with van der Waals surface area (Å²) in [7, 11) is 0. The topological polar surface area (TPSA) is 41.1 Å². The average molecular weight is 431 g/mol. The Kier molecular flexibility index (Phi) is 4.78. The normalized spacial score (nSPS) is 19.9. The smallest absolute Gasteiger partial charge is 0.170 e. The number of nitrogens with zero attached hydrogens (tertiary/aromatic N) is 3. The van der Waals surface area contributed by atoms with Crippen LogP contribution in [0.15, 0.2) is 64.8 Å². The summed E-state index contributed by atoms with van der Waals surface area (Å²) in [5.41, 5.74) is 2.13. The number of pyridine rings is 2. The standard InChI is InChI=1S/C18H15BrN4S2/c19-13-8-15(25-11-13)17-16(14-5-1-2-7-21-14)22-18(24)23(17)10-12-4-3-6-20-9-12/h1-9,11,16-17H,10H2,(H,22,24). The van der Waals surface area contributed by atoms with Crippen LogP contribution in [0, 0.1) is 0 Å². The Morgan fingerprint density at radius 3 is 2.84 bits per heavy atom. The van der Waals surface area contributed by atoms with Crippen LogP contribution in [0.3, 0.4) is 0 Å². The molecule has 0 amide bonds. The lowest BCUT2D eigenvalue weighted by atomic mass is 10.0. The third-order valence-electron chi connectivity index (χ3n) is 4.15. The fraction of sp³-hybridized carbons (Fsp3) is 0.167. The van der Waals surface area contributed by atoms with Gasteiger partial charge in [0.2, 0.25) is 0 Å². The molecule has 1 fully saturated rings. The first-order chi connectivity index (χ1) is 12.2. The summed E-state index contributed by atoms with van der Waals surface area (Å²) < 4.78 is 1.09. The van der Waals surface area contributed by atoms with Gasteiger partial charge in [0.1, 0.15) is 0 Å². The highest BCUT2D eigenvalue weighted by Gasteiger charge is 2.40. The predicted molar refractivity (Wildman–Crippen MR) is 107 cm³/mol. The van der Waals surface area contributed by atoms with Crippen LogP contribution in [0.4, 0.5) is 0 Å². The minimum absolute atomic E-state index is 0.0240. The number of aromatic nitrogens is 2. The summed E-state index contributed by atoms with van der Waals surface area (Å²) in [6.45, 7) is 0.712. The van der Waals surface area contributed by atoms with Gasteiger partial charge < -0.3 is 10.2 Å². The first kappa shape index (κ1) is 16.6. The van der Waals surface area contributed by atoms with E-state index in [1.54, 1.807) is 17.5 Å². The maximum atomic E-state index is 5.66. The molecule has 2 atom stereocenters. The van der Waals surface area contributed by atoms with Gasteiger partial charge in [0.15, 0.2) is 5.11 Å². The number of hydrogen-bond donors (Lipinski definition) is 1. The highest BCUT2D eigenvalue weighted by molar-refractivity contribution is 9.10. The lowest BCUT2D eigenvalue weighted by molar-refractivity contribution is 0.315. The zero-order valence-corrected chi connectivity index (χ0v) is 16.4. The van der Waals surface area contributed by atoms with E-state index in [-0.39, 0.29) is 12.1 Å². The van der Waals surface area contributed by atoms with Gasteiger partial charge in [-0.3, -0.25) is 9.97 Å². The monoisotopic (exact) mass is 430 g/mol. The fourth-order valence-corrected chi connectivity index (χ4v) is 4.95. The zero-order chi connectivity index (χ0) is 17.2. The van der Waals surface area contributed by atoms with Crippen LogP contribution in [-0.2, 0) is 6.54 Å². The molecule has 1 N–H and O–H groups in total. The summed E-state index contributed by atoms with van der Waals surface area (Å²) in [6.07, 6.45) is 5.50. The molecule has 1 aliphatic heterocycles. The minimum atomic E-state index is 0.0240. The van der Waals surface area contributed by atoms with Crippen molar-refractivity contribution in [2.75, 3.05) is 0 Å². The largest absolute Gasteiger partial charge is 0.352 e. The average Bonchev–Trinajstić information content (AvgIpc) is 3.20. The molecule has 4 nitrogen and oxygen atoms in total. The molecule has 25 heavy (non-hydrogen) atoms. The van der Waals surface area contributed by atoms with E-state index in [1.807, 2.05) is 36.7 Å². The first-order valence-electron chi connectivity index (χ1n) is 7.83. The van der Waals surface area contributed by atoms with Gasteiger partial charge in [-0.05, 0) is 58.0 Å². The number of nitrogens with one attached hydrogen (secondary N) is 1. The molecule has 126 valence electrons. The minimum Gasteiger partial charge on any atom is -0.352 e. The van der Waals surface area contributed by atoms with Crippen LogP contribution >= 0.6 is 39.5 Å². The van der Waals surface area contributed by atoms with E-state index in [0.29, 0.717) is 6.54 Å². The zero-order valence-electron chi connectivity index (χ0n) is 13.2. The first-order valence-corrected chi connectivity index (χ1v) is 9.91. The van der Waals surface area contributed by atoms with Crippen molar-refractivity contribution in [1.82, 2.24) is 20.2 Å². The number of rotatable bonds is 4. The summed E-state index contributed by atoms with van der Waals surface area (Å²) in [6, 6.07) is 12.3. The van der Waals surface area contributed by atoms with Crippen LogP contribution in [-0.4, -0.2) is 20.0 Å².